The van der Waals surface area contributed by atoms with Crippen LogP contribution in [0, 0.1) is 0 Å². The largest absolute Gasteiger partial charge is 0.376 e. The van der Waals surface area contributed by atoms with Crippen molar-refractivity contribution < 1.29 is 9.53 Å². The van der Waals surface area contributed by atoms with Gasteiger partial charge in [0.15, 0.2) is 0 Å². The summed E-state index contributed by atoms with van der Waals surface area (Å²) in [7, 11) is 0. The van der Waals surface area contributed by atoms with Crippen LogP contribution in [0.2, 0.25) is 0 Å². The first-order valence-corrected chi connectivity index (χ1v) is 5.38. The van der Waals surface area contributed by atoms with Crippen molar-refractivity contribution in [3.63, 3.8) is 0 Å². The molecule has 1 amide bonds. The summed E-state index contributed by atoms with van der Waals surface area (Å²) in [5, 5.41) is 2.60. The molecule has 1 aliphatic rings. The van der Waals surface area contributed by atoms with E-state index in [9.17, 15) is 14.4 Å². The first-order valence-electron chi connectivity index (χ1n) is 5.38. The molecule has 1 aromatic heterocycles. The molecule has 1 atom stereocenters. The van der Waals surface area contributed by atoms with E-state index >= 15 is 0 Å². The first-order chi connectivity index (χ1) is 8.16. The monoisotopic (exact) mass is 239 g/mol. The van der Waals surface area contributed by atoms with Crippen LogP contribution in [-0.4, -0.2) is 35.1 Å². The van der Waals surface area contributed by atoms with E-state index in [1.165, 1.54) is 0 Å². The standard InChI is InChI=1S/C10H13N3O4/c14-8(11-4-6-2-1-3-17-6)7-5-12-10(16)13-9(7)15/h5-6H,1-4H2,(H,11,14)(H2,12,13,15,16). The van der Waals surface area contributed by atoms with Crippen LogP contribution in [0.25, 0.3) is 0 Å². The third-order valence-corrected chi connectivity index (χ3v) is 2.58. The van der Waals surface area contributed by atoms with Crippen molar-refractivity contribution in [1.82, 2.24) is 15.3 Å². The van der Waals surface area contributed by atoms with Crippen molar-refractivity contribution in [1.29, 1.82) is 0 Å². The SMILES string of the molecule is O=C(NCC1CCCO1)c1c[nH]c(=O)[nH]c1=O. The molecule has 1 saturated heterocycles. The number of H-pyrrole nitrogens is 2. The summed E-state index contributed by atoms with van der Waals surface area (Å²) in [4.78, 5) is 37.9. The average Bonchev–Trinajstić information content (AvgIpc) is 2.78. The highest BCUT2D eigenvalue weighted by Crippen LogP contribution is 2.10. The second-order valence-corrected chi connectivity index (χ2v) is 3.83. The van der Waals surface area contributed by atoms with E-state index in [1.54, 1.807) is 0 Å². The van der Waals surface area contributed by atoms with Crippen LogP contribution in [0.1, 0.15) is 23.2 Å². The number of amides is 1. The zero-order valence-electron chi connectivity index (χ0n) is 9.12. The molecular formula is C10H13N3O4. The highest BCUT2D eigenvalue weighted by molar-refractivity contribution is 5.93. The predicted molar refractivity (Wildman–Crippen MR) is 59.0 cm³/mol. The lowest BCUT2D eigenvalue weighted by Crippen LogP contribution is -2.36. The molecule has 0 radical (unpaired) electrons. The Kier molecular flexibility index (Phi) is 3.38. The summed E-state index contributed by atoms with van der Waals surface area (Å²) in [6, 6.07) is 0. The van der Waals surface area contributed by atoms with Gasteiger partial charge in [-0.25, -0.2) is 4.79 Å². The van der Waals surface area contributed by atoms with E-state index in [0.717, 1.165) is 19.0 Å². The summed E-state index contributed by atoms with van der Waals surface area (Å²) < 4.78 is 5.33. The lowest BCUT2D eigenvalue weighted by Gasteiger charge is -2.09. The molecule has 2 heterocycles. The van der Waals surface area contributed by atoms with E-state index in [-0.39, 0.29) is 11.7 Å². The molecule has 3 N–H and O–H groups in total. The van der Waals surface area contributed by atoms with Gasteiger partial charge in [-0.1, -0.05) is 0 Å². The lowest BCUT2D eigenvalue weighted by atomic mass is 10.2. The van der Waals surface area contributed by atoms with Gasteiger partial charge in [-0.2, -0.15) is 0 Å². The van der Waals surface area contributed by atoms with E-state index in [1.807, 2.05) is 4.98 Å². The number of rotatable bonds is 3. The van der Waals surface area contributed by atoms with Crippen LogP contribution in [-0.2, 0) is 4.74 Å². The van der Waals surface area contributed by atoms with Crippen LogP contribution in [0.4, 0.5) is 0 Å². The van der Waals surface area contributed by atoms with Gasteiger partial charge in [0.25, 0.3) is 11.5 Å². The van der Waals surface area contributed by atoms with E-state index in [2.05, 4.69) is 10.3 Å². The van der Waals surface area contributed by atoms with E-state index in [4.69, 9.17) is 4.74 Å². The number of carbonyl (C=O) groups excluding carboxylic acids is 1. The molecule has 17 heavy (non-hydrogen) atoms. The second-order valence-electron chi connectivity index (χ2n) is 3.83. The molecular weight excluding hydrogens is 226 g/mol. The summed E-state index contributed by atoms with van der Waals surface area (Å²) in [5.41, 5.74) is -1.44. The number of hydrogen-bond acceptors (Lipinski definition) is 4. The third kappa shape index (κ3) is 2.82. The van der Waals surface area contributed by atoms with Crippen molar-refractivity contribution in [3.05, 3.63) is 32.6 Å². The number of nitrogens with one attached hydrogen (secondary N) is 3. The van der Waals surface area contributed by atoms with Crippen LogP contribution in [0.5, 0.6) is 0 Å². The normalized spacial score (nSPS) is 19.2. The molecule has 92 valence electrons. The summed E-state index contributed by atoms with van der Waals surface area (Å²) in [6.07, 6.45) is 3.01. The van der Waals surface area contributed by atoms with Crippen LogP contribution in [0.3, 0.4) is 0 Å². The number of ether oxygens (including phenoxy) is 1. The number of aromatic nitrogens is 2. The van der Waals surface area contributed by atoms with Crippen molar-refractivity contribution in [3.8, 4) is 0 Å². The molecule has 2 rings (SSSR count). The zero-order chi connectivity index (χ0) is 12.3. The van der Waals surface area contributed by atoms with Crippen molar-refractivity contribution in [2.45, 2.75) is 18.9 Å². The van der Waals surface area contributed by atoms with E-state index < -0.39 is 17.2 Å². The first kappa shape index (κ1) is 11.6. The van der Waals surface area contributed by atoms with Gasteiger partial charge < -0.3 is 15.0 Å². The Hall–Kier alpha value is -1.89. The Labute approximate surface area is 96.2 Å². The summed E-state index contributed by atoms with van der Waals surface area (Å²) >= 11 is 0. The second kappa shape index (κ2) is 4.96. The number of aromatic amines is 2. The Bertz CT molecular complexity index is 513. The third-order valence-electron chi connectivity index (χ3n) is 2.58. The fraction of sp³-hybridized carbons (Fsp3) is 0.500. The maximum atomic E-state index is 11.6. The molecule has 0 bridgehead atoms. The zero-order valence-corrected chi connectivity index (χ0v) is 9.12. The average molecular weight is 239 g/mol. The lowest BCUT2D eigenvalue weighted by molar-refractivity contribution is 0.0856. The Morgan fingerprint density at radius 3 is 3.00 bits per heavy atom. The topological polar surface area (TPSA) is 104 Å². The molecule has 1 fully saturated rings. The number of carbonyl (C=O) groups is 1. The van der Waals surface area contributed by atoms with Gasteiger partial charge in [0.1, 0.15) is 5.56 Å². The Morgan fingerprint density at radius 1 is 1.53 bits per heavy atom. The van der Waals surface area contributed by atoms with Gasteiger partial charge in [-0.15, -0.1) is 0 Å². The molecule has 0 spiro atoms. The molecule has 0 aromatic carbocycles. The fourth-order valence-electron chi connectivity index (χ4n) is 1.69. The Morgan fingerprint density at radius 2 is 2.35 bits per heavy atom. The summed E-state index contributed by atoms with van der Waals surface area (Å²) in [5.74, 6) is -0.516. The highest BCUT2D eigenvalue weighted by Gasteiger charge is 2.17. The van der Waals surface area contributed by atoms with Gasteiger partial charge in [0.2, 0.25) is 0 Å². The van der Waals surface area contributed by atoms with E-state index in [0.29, 0.717) is 13.2 Å². The van der Waals surface area contributed by atoms with Crippen molar-refractivity contribution in [2.75, 3.05) is 13.2 Å². The molecule has 1 unspecified atom stereocenters. The van der Waals surface area contributed by atoms with Gasteiger partial charge in [0, 0.05) is 19.3 Å². The summed E-state index contributed by atoms with van der Waals surface area (Å²) in [6.45, 7) is 1.08. The molecule has 7 nitrogen and oxygen atoms in total. The maximum Gasteiger partial charge on any atom is 0.325 e. The molecule has 0 aliphatic carbocycles. The molecule has 0 saturated carbocycles. The van der Waals surface area contributed by atoms with Gasteiger partial charge in [-0.05, 0) is 12.8 Å². The van der Waals surface area contributed by atoms with Crippen LogP contribution < -0.4 is 16.6 Å². The Balaban J connectivity index is 1.99. The quantitative estimate of drug-likeness (QED) is 0.627. The van der Waals surface area contributed by atoms with Crippen molar-refractivity contribution in [2.24, 2.45) is 0 Å². The highest BCUT2D eigenvalue weighted by atomic mass is 16.5. The minimum atomic E-state index is -0.696. The maximum absolute atomic E-state index is 11.6. The number of hydrogen-bond donors (Lipinski definition) is 3. The predicted octanol–water partition coefficient (Wildman–Crippen LogP) is -1.03. The minimum Gasteiger partial charge on any atom is -0.376 e. The van der Waals surface area contributed by atoms with Crippen LogP contribution >= 0.6 is 0 Å². The molecule has 1 aromatic rings. The minimum absolute atomic E-state index is 0.0146. The van der Waals surface area contributed by atoms with Gasteiger partial charge in [0.05, 0.1) is 6.10 Å². The van der Waals surface area contributed by atoms with Crippen LogP contribution in [0.15, 0.2) is 15.8 Å². The molecule has 1 aliphatic heterocycles. The fourth-order valence-corrected chi connectivity index (χ4v) is 1.69. The van der Waals surface area contributed by atoms with Gasteiger partial charge in [-0.3, -0.25) is 14.6 Å². The molecule has 7 heteroatoms. The van der Waals surface area contributed by atoms with Crippen molar-refractivity contribution >= 4 is 5.91 Å². The van der Waals surface area contributed by atoms with Gasteiger partial charge >= 0.3 is 5.69 Å². The smallest absolute Gasteiger partial charge is 0.325 e.